The van der Waals surface area contributed by atoms with E-state index in [9.17, 15) is 9.59 Å². The fraction of sp³-hybridized carbons (Fsp3) is 0.320. The molecule has 2 heterocycles. The SMILES string of the molecule is C=CC(=O)N1CC(Nc2ccc3ncn(C4CC4)c(=O)c3c2)(c2c(F)ccc(C)c2C)C1. The van der Waals surface area contributed by atoms with E-state index in [1.807, 2.05) is 19.9 Å². The largest absolute Gasteiger partial charge is 0.372 e. The number of benzene rings is 2. The third kappa shape index (κ3) is 3.20. The molecule has 2 aliphatic rings. The maximum atomic E-state index is 15.1. The van der Waals surface area contributed by atoms with Crippen molar-refractivity contribution in [1.82, 2.24) is 14.5 Å². The van der Waals surface area contributed by atoms with Gasteiger partial charge in [0.2, 0.25) is 5.91 Å². The van der Waals surface area contributed by atoms with Gasteiger partial charge in [-0.3, -0.25) is 14.2 Å². The first-order chi connectivity index (χ1) is 15.3. The summed E-state index contributed by atoms with van der Waals surface area (Å²) in [6.07, 6.45) is 4.87. The molecule has 1 saturated carbocycles. The van der Waals surface area contributed by atoms with Gasteiger partial charge in [0.25, 0.3) is 5.56 Å². The van der Waals surface area contributed by atoms with Crippen LogP contribution < -0.4 is 10.9 Å². The van der Waals surface area contributed by atoms with Crippen LogP contribution in [0.4, 0.5) is 10.1 Å². The van der Waals surface area contributed by atoms with E-state index < -0.39 is 5.54 Å². The van der Waals surface area contributed by atoms with Crippen molar-refractivity contribution >= 4 is 22.5 Å². The maximum Gasteiger partial charge on any atom is 0.261 e. The van der Waals surface area contributed by atoms with Crippen molar-refractivity contribution in [2.75, 3.05) is 18.4 Å². The van der Waals surface area contributed by atoms with Crippen LogP contribution in [0, 0.1) is 19.7 Å². The van der Waals surface area contributed by atoms with Gasteiger partial charge in [-0.1, -0.05) is 12.6 Å². The van der Waals surface area contributed by atoms with E-state index in [2.05, 4.69) is 16.9 Å². The summed E-state index contributed by atoms with van der Waals surface area (Å²) in [6, 6.07) is 8.89. The number of carbonyl (C=O) groups is 1. The first-order valence-electron chi connectivity index (χ1n) is 10.8. The van der Waals surface area contributed by atoms with E-state index in [0.29, 0.717) is 35.2 Å². The van der Waals surface area contributed by atoms with E-state index in [4.69, 9.17) is 0 Å². The Morgan fingerprint density at radius 2 is 2.00 bits per heavy atom. The summed E-state index contributed by atoms with van der Waals surface area (Å²) in [5.74, 6) is -0.506. The van der Waals surface area contributed by atoms with Gasteiger partial charge < -0.3 is 10.2 Å². The van der Waals surface area contributed by atoms with Gasteiger partial charge in [-0.25, -0.2) is 9.37 Å². The molecule has 1 amide bonds. The highest BCUT2D eigenvalue weighted by atomic mass is 19.1. The molecule has 0 unspecified atom stereocenters. The van der Waals surface area contributed by atoms with Crippen LogP contribution >= 0.6 is 0 Å². The lowest BCUT2D eigenvalue weighted by molar-refractivity contribution is -0.132. The molecule has 5 rings (SSSR count). The molecular weight excluding hydrogens is 407 g/mol. The van der Waals surface area contributed by atoms with Crippen molar-refractivity contribution in [3.63, 3.8) is 0 Å². The highest BCUT2D eigenvalue weighted by Crippen LogP contribution is 2.40. The van der Waals surface area contributed by atoms with E-state index in [0.717, 1.165) is 24.0 Å². The Morgan fingerprint density at radius 1 is 1.25 bits per heavy atom. The second-order valence-corrected chi connectivity index (χ2v) is 8.89. The molecular formula is C25H25FN4O2. The van der Waals surface area contributed by atoms with Crippen LogP contribution in [0.2, 0.25) is 0 Å². The minimum absolute atomic E-state index is 0.0646. The van der Waals surface area contributed by atoms with Crippen molar-refractivity contribution in [3.8, 4) is 0 Å². The molecule has 7 heteroatoms. The number of nitrogens with one attached hydrogen (secondary N) is 1. The number of aromatic nitrogens is 2. The first-order valence-corrected chi connectivity index (χ1v) is 10.8. The zero-order chi connectivity index (χ0) is 22.6. The minimum Gasteiger partial charge on any atom is -0.372 e. The van der Waals surface area contributed by atoms with Crippen LogP contribution in [0.15, 0.2) is 54.1 Å². The Bertz CT molecular complexity index is 1320. The van der Waals surface area contributed by atoms with Crippen LogP contribution in [0.25, 0.3) is 10.9 Å². The molecule has 1 aromatic heterocycles. The smallest absolute Gasteiger partial charge is 0.261 e. The predicted octanol–water partition coefficient (Wildman–Crippen LogP) is 3.82. The fourth-order valence-corrected chi connectivity index (χ4v) is 4.66. The predicted molar refractivity (Wildman–Crippen MR) is 122 cm³/mol. The second-order valence-electron chi connectivity index (χ2n) is 8.89. The van der Waals surface area contributed by atoms with Crippen LogP contribution in [-0.4, -0.2) is 33.4 Å². The molecule has 32 heavy (non-hydrogen) atoms. The third-order valence-corrected chi connectivity index (χ3v) is 6.68. The molecule has 0 atom stereocenters. The number of hydrogen-bond donors (Lipinski definition) is 1. The summed E-state index contributed by atoms with van der Waals surface area (Å²) < 4.78 is 16.8. The van der Waals surface area contributed by atoms with Crippen molar-refractivity contribution in [2.24, 2.45) is 0 Å². The maximum absolute atomic E-state index is 15.1. The van der Waals surface area contributed by atoms with Gasteiger partial charge in [0.15, 0.2) is 0 Å². The number of likely N-dealkylation sites (tertiary alicyclic amines) is 1. The van der Waals surface area contributed by atoms with Crippen LogP contribution in [0.5, 0.6) is 0 Å². The van der Waals surface area contributed by atoms with Gasteiger partial charge in [0, 0.05) is 17.3 Å². The molecule has 1 N–H and O–H groups in total. The summed E-state index contributed by atoms with van der Waals surface area (Å²) in [5.41, 5.74) is 2.83. The van der Waals surface area contributed by atoms with E-state index in [-0.39, 0.29) is 23.3 Å². The monoisotopic (exact) mass is 432 g/mol. The number of rotatable bonds is 5. The number of fused-ring (bicyclic) bond motifs is 1. The average Bonchev–Trinajstić information content (AvgIpc) is 3.59. The van der Waals surface area contributed by atoms with Crippen LogP contribution in [0.3, 0.4) is 0 Å². The zero-order valence-corrected chi connectivity index (χ0v) is 18.2. The minimum atomic E-state index is -0.801. The summed E-state index contributed by atoms with van der Waals surface area (Å²) in [5, 5.41) is 3.99. The number of amides is 1. The molecule has 2 fully saturated rings. The van der Waals surface area contributed by atoms with Crippen molar-refractivity contribution in [3.05, 3.63) is 82.2 Å². The molecule has 1 saturated heterocycles. The normalized spacial score (nSPS) is 17.2. The average molecular weight is 432 g/mol. The fourth-order valence-electron chi connectivity index (χ4n) is 4.66. The molecule has 1 aliphatic heterocycles. The van der Waals surface area contributed by atoms with E-state index in [1.54, 1.807) is 34.0 Å². The molecule has 0 radical (unpaired) electrons. The second kappa shape index (κ2) is 7.29. The van der Waals surface area contributed by atoms with Crippen LogP contribution in [-0.2, 0) is 10.3 Å². The molecule has 3 aromatic rings. The Morgan fingerprint density at radius 3 is 2.69 bits per heavy atom. The number of hydrogen-bond acceptors (Lipinski definition) is 4. The highest BCUT2D eigenvalue weighted by molar-refractivity contribution is 5.88. The van der Waals surface area contributed by atoms with Gasteiger partial charge in [-0.05, 0) is 68.2 Å². The van der Waals surface area contributed by atoms with Crippen molar-refractivity contribution < 1.29 is 9.18 Å². The summed E-state index contributed by atoms with van der Waals surface area (Å²) in [6.45, 7) is 8.00. The summed E-state index contributed by atoms with van der Waals surface area (Å²) in [4.78, 5) is 31.2. The Kier molecular flexibility index (Phi) is 4.65. The van der Waals surface area contributed by atoms with E-state index in [1.165, 1.54) is 12.1 Å². The topological polar surface area (TPSA) is 67.2 Å². The zero-order valence-electron chi connectivity index (χ0n) is 18.2. The van der Waals surface area contributed by atoms with Gasteiger partial charge in [-0.15, -0.1) is 0 Å². The highest BCUT2D eigenvalue weighted by Gasteiger charge is 2.48. The lowest BCUT2D eigenvalue weighted by atomic mass is 9.78. The van der Waals surface area contributed by atoms with Crippen LogP contribution in [0.1, 0.15) is 35.6 Å². The Labute approximate surface area is 185 Å². The standard InChI is InChI=1S/C25H25FN4O2/c1-4-22(31)29-12-25(13-29,23-16(3)15(2)5-9-20(23)26)28-17-6-10-21-19(11-17)24(32)30(14-27-21)18-7-8-18/h4-6,9-11,14,18,28H,1,7-8,12-13H2,2-3H3. The van der Waals surface area contributed by atoms with Gasteiger partial charge in [-0.2, -0.15) is 0 Å². The van der Waals surface area contributed by atoms with Gasteiger partial charge in [0.05, 0.1) is 30.3 Å². The number of carbonyl (C=O) groups excluding carboxylic acids is 1. The third-order valence-electron chi connectivity index (χ3n) is 6.68. The Hall–Kier alpha value is -3.48. The quantitative estimate of drug-likeness (QED) is 0.623. The summed E-state index contributed by atoms with van der Waals surface area (Å²) in [7, 11) is 0. The lowest BCUT2D eigenvalue weighted by Gasteiger charge is -2.51. The molecule has 0 bridgehead atoms. The van der Waals surface area contributed by atoms with Gasteiger partial charge in [0.1, 0.15) is 11.4 Å². The molecule has 164 valence electrons. The number of aryl methyl sites for hydroxylation is 1. The van der Waals surface area contributed by atoms with Crippen molar-refractivity contribution in [1.29, 1.82) is 0 Å². The molecule has 0 spiro atoms. The molecule has 6 nitrogen and oxygen atoms in total. The van der Waals surface area contributed by atoms with Crippen molar-refractivity contribution in [2.45, 2.75) is 38.3 Å². The molecule has 1 aliphatic carbocycles. The molecule has 2 aromatic carbocycles. The number of halogens is 1. The number of nitrogens with zero attached hydrogens (tertiary/aromatic N) is 3. The number of anilines is 1. The first kappa shape index (κ1) is 20.4. The Balaban J connectivity index is 1.58. The van der Waals surface area contributed by atoms with E-state index >= 15 is 4.39 Å². The lowest BCUT2D eigenvalue weighted by Crippen LogP contribution is -2.65. The van der Waals surface area contributed by atoms with Gasteiger partial charge >= 0.3 is 0 Å². The summed E-state index contributed by atoms with van der Waals surface area (Å²) >= 11 is 0.